The van der Waals surface area contributed by atoms with E-state index in [1.165, 1.54) is 26.9 Å². The van der Waals surface area contributed by atoms with E-state index in [2.05, 4.69) is 94.3 Å². The Hall–Kier alpha value is -2.48. The van der Waals surface area contributed by atoms with Crippen LogP contribution in [0.5, 0.6) is 0 Å². The highest BCUT2D eigenvalue weighted by Gasteiger charge is 2.15. The number of benzene rings is 3. The minimum absolute atomic E-state index is 0.770. The van der Waals surface area contributed by atoms with Gasteiger partial charge in [0.2, 0.25) is 0 Å². The predicted octanol–water partition coefficient (Wildman–Crippen LogP) is 5.90. The van der Waals surface area contributed by atoms with Gasteiger partial charge in [0.15, 0.2) is 5.13 Å². The minimum Gasteiger partial charge on any atom is -0.357 e. The second-order valence-corrected chi connectivity index (χ2v) is 8.19. The summed E-state index contributed by atoms with van der Waals surface area (Å²) in [6.45, 7) is 2.88. The number of thiazole rings is 1. The summed E-state index contributed by atoms with van der Waals surface area (Å²) in [6.07, 6.45) is 0. The quantitative estimate of drug-likeness (QED) is 0.431. The van der Waals surface area contributed by atoms with Gasteiger partial charge in [-0.1, -0.05) is 95.8 Å². The van der Waals surface area contributed by atoms with Gasteiger partial charge < -0.3 is 5.32 Å². The van der Waals surface area contributed by atoms with Gasteiger partial charge in [-0.3, -0.25) is 0 Å². The van der Waals surface area contributed by atoms with Crippen molar-refractivity contribution in [2.45, 2.75) is 13.5 Å². The summed E-state index contributed by atoms with van der Waals surface area (Å²) in [5.74, 6) is 0. The number of nitrogens with one attached hydrogen (secondary N) is 1. The van der Waals surface area contributed by atoms with Crippen LogP contribution in [-0.4, -0.2) is 4.98 Å². The Balaban J connectivity index is 1.70. The number of hydrogen-bond donors (Lipinski definition) is 1. The molecule has 3 aromatic carbocycles. The lowest BCUT2D eigenvalue weighted by Crippen LogP contribution is -1.98. The number of aryl methyl sites for hydroxylation is 1. The molecular formula is C23H21N2PS. The first-order valence-corrected chi connectivity index (χ1v) is 10.3. The van der Waals surface area contributed by atoms with Crippen molar-refractivity contribution >= 4 is 31.0 Å². The maximum Gasteiger partial charge on any atom is 0.184 e. The SMILES string of the molecule is Cc1ccc(-c2sc(NCc3ccccc3)nc2-c2ccc(P)cc2)cc1. The minimum atomic E-state index is 0.770. The van der Waals surface area contributed by atoms with Gasteiger partial charge in [-0.2, -0.15) is 0 Å². The molecule has 0 aliphatic carbocycles. The molecule has 0 aliphatic rings. The first kappa shape index (κ1) is 17.9. The van der Waals surface area contributed by atoms with E-state index in [1.54, 1.807) is 11.3 Å². The zero-order valence-corrected chi connectivity index (χ0v) is 17.1. The average Bonchev–Trinajstić information content (AvgIpc) is 3.13. The third-order valence-electron chi connectivity index (χ3n) is 4.41. The van der Waals surface area contributed by atoms with Crippen molar-refractivity contribution in [3.8, 4) is 21.7 Å². The molecule has 1 heterocycles. The lowest BCUT2D eigenvalue weighted by atomic mass is 10.1. The van der Waals surface area contributed by atoms with Crippen molar-refractivity contribution in [3.05, 3.63) is 90.0 Å². The normalized spacial score (nSPS) is 10.7. The molecule has 1 unspecified atom stereocenters. The molecule has 0 bridgehead atoms. The Labute approximate surface area is 166 Å². The predicted molar refractivity (Wildman–Crippen MR) is 121 cm³/mol. The number of rotatable bonds is 5. The van der Waals surface area contributed by atoms with E-state index in [1.807, 2.05) is 6.07 Å². The van der Waals surface area contributed by atoms with E-state index in [0.717, 1.165) is 22.9 Å². The van der Waals surface area contributed by atoms with Gasteiger partial charge in [0.1, 0.15) is 0 Å². The topological polar surface area (TPSA) is 24.9 Å². The largest absolute Gasteiger partial charge is 0.357 e. The molecule has 0 fully saturated rings. The molecule has 1 aromatic heterocycles. The first-order chi connectivity index (χ1) is 13.2. The smallest absolute Gasteiger partial charge is 0.184 e. The highest BCUT2D eigenvalue weighted by atomic mass is 32.1. The van der Waals surface area contributed by atoms with E-state index in [9.17, 15) is 0 Å². The summed E-state index contributed by atoms with van der Waals surface area (Å²) in [5.41, 5.74) is 5.89. The van der Waals surface area contributed by atoms with Crippen LogP contribution < -0.4 is 10.6 Å². The maximum absolute atomic E-state index is 4.92. The van der Waals surface area contributed by atoms with Crippen LogP contribution in [0.4, 0.5) is 5.13 Å². The van der Waals surface area contributed by atoms with Crippen LogP contribution in [0, 0.1) is 6.92 Å². The Morgan fingerprint density at radius 2 is 1.52 bits per heavy atom. The van der Waals surface area contributed by atoms with Gasteiger partial charge in [0, 0.05) is 12.1 Å². The molecule has 0 saturated carbocycles. The van der Waals surface area contributed by atoms with E-state index in [0.29, 0.717) is 0 Å². The number of nitrogens with zero attached hydrogens (tertiary/aromatic N) is 1. The van der Waals surface area contributed by atoms with Crippen molar-refractivity contribution in [3.63, 3.8) is 0 Å². The molecule has 0 radical (unpaired) electrons. The van der Waals surface area contributed by atoms with Crippen LogP contribution in [0.25, 0.3) is 21.7 Å². The summed E-state index contributed by atoms with van der Waals surface area (Å²) in [6, 6.07) is 27.6. The van der Waals surface area contributed by atoms with E-state index >= 15 is 0 Å². The highest BCUT2D eigenvalue weighted by molar-refractivity contribution is 7.27. The van der Waals surface area contributed by atoms with Crippen LogP contribution in [0.1, 0.15) is 11.1 Å². The summed E-state index contributed by atoms with van der Waals surface area (Å²) in [4.78, 5) is 6.12. The molecule has 0 amide bonds. The van der Waals surface area contributed by atoms with Gasteiger partial charge in [0.25, 0.3) is 0 Å². The zero-order valence-electron chi connectivity index (χ0n) is 15.1. The van der Waals surface area contributed by atoms with Gasteiger partial charge in [0.05, 0.1) is 10.6 Å². The van der Waals surface area contributed by atoms with Gasteiger partial charge in [-0.25, -0.2) is 4.98 Å². The summed E-state index contributed by atoms with van der Waals surface area (Å²) >= 11 is 1.71. The van der Waals surface area contributed by atoms with Crippen LogP contribution in [-0.2, 0) is 6.54 Å². The van der Waals surface area contributed by atoms with Gasteiger partial charge >= 0.3 is 0 Å². The van der Waals surface area contributed by atoms with Crippen molar-refractivity contribution in [1.82, 2.24) is 4.98 Å². The molecule has 4 aromatic rings. The molecule has 1 atom stereocenters. The molecule has 2 nitrogen and oxygen atoms in total. The summed E-state index contributed by atoms with van der Waals surface area (Å²) in [5, 5.41) is 5.61. The van der Waals surface area contributed by atoms with Crippen LogP contribution >= 0.6 is 20.6 Å². The van der Waals surface area contributed by atoms with Gasteiger partial charge in [-0.15, -0.1) is 9.24 Å². The van der Waals surface area contributed by atoms with Crippen LogP contribution in [0.3, 0.4) is 0 Å². The fraction of sp³-hybridized carbons (Fsp3) is 0.0870. The number of hydrogen-bond acceptors (Lipinski definition) is 3. The first-order valence-electron chi connectivity index (χ1n) is 8.90. The lowest BCUT2D eigenvalue weighted by molar-refractivity contribution is 1.14. The summed E-state index contributed by atoms with van der Waals surface area (Å²) < 4.78 is 0. The average molecular weight is 388 g/mol. The molecule has 134 valence electrons. The molecule has 4 heteroatoms. The number of anilines is 1. The molecule has 27 heavy (non-hydrogen) atoms. The Morgan fingerprint density at radius 1 is 0.852 bits per heavy atom. The van der Waals surface area contributed by atoms with Crippen molar-refractivity contribution in [1.29, 1.82) is 0 Å². The fourth-order valence-electron chi connectivity index (χ4n) is 2.91. The maximum atomic E-state index is 4.92. The fourth-order valence-corrected chi connectivity index (χ4v) is 4.09. The standard InChI is InChI=1S/C23H21N2PS/c1-16-7-9-19(10-8-16)22-21(18-11-13-20(26)14-12-18)25-23(27-22)24-15-17-5-3-2-4-6-17/h2-14H,15,26H2,1H3,(H,24,25). The van der Waals surface area contributed by atoms with Crippen LogP contribution in [0.15, 0.2) is 78.9 Å². The Bertz CT molecular complexity index is 959. The van der Waals surface area contributed by atoms with Gasteiger partial charge in [-0.05, 0) is 23.4 Å². The second-order valence-electron chi connectivity index (χ2n) is 6.52. The lowest BCUT2D eigenvalue weighted by Gasteiger charge is -2.04. The number of aromatic nitrogens is 1. The molecule has 4 rings (SSSR count). The van der Waals surface area contributed by atoms with E-state index in [-0.39, 0.29) is 0 Å². The van der Waals surface area contributed by atoms with Crippen molar-refractivity contribution < 1.29 is 0 Å². The Morgan fingerprint density at radius 3 is 2.22 bits per heavy atom. The molecule has 0 saturated heterocycles. The monoisotopic (exact) mass is 388 g/mol. The van der Waals surface area contributed by atoms with Crippen molar-refractivity contribution in [2.75, 3.05) is 5.32 Å². The third kappa shape index (κ3) is 4.27. The highest BCUT2D eigenvalue weighted by Crippen LogP contribution is 2.39. The molecular weight excluding hydrogens is 367 g/mol. The zero-order chi connectivity index (χ0) is 18.6. The van der Waals surface area contributed by atoms with Crippen molar-refractivity contribution in [2.24, 2.45) is 0 Å². The molecule has 0 spiro atoms. The van der Waals surface area contributed by atoms with E-state index in [4.69, 9.17) is 4.98 Å². The summed E-state index contributed by atoms with van der Waals surface area (Å²) in [7, 11) is 2.73. The van der Waals surface area contributed by atoms with Crippen LogP contribution in [0.2, 0.25) is 0 Å². The Kier molecular flexibility index (Phi) is 5.33. The van der Waals surface area contributed by atoms with E-state index < -0.39 is 0 Å². The second kappa shape index (κ2) is 8.04. The third-order valence-corrected chi connectivity index (χ3v) is 5.86. The molecule has 1 N–H and O–H groups in total. The molecule has 0 aliphatic heterocycles.